The van der Waals surface area contributed by atoms with E-state index in [1.807, 2.05) is 24.3 Å². The lowest BCUT2D eigenvalue weighted by Gasteiger charge is -2.14. The Labute approximate surface area is 125 Å². The van der Waals surface area contributed by atoms with Crippen LogP contribution in [0.15, 0.2) is 42.5 Å². The molecule has 0 heterocycles. The Morgan fingerprint density at radius 1 is 1.10 bits per heavy atom. The molecule has 1 atom stereocenters. The summed E-state index contributed by atoms with van der Waals surface area (Å²) in [6, 6.07) is 12.5. The van der Waals surface area contributed by atoms with Gasteiger partial charge in [-0.25, -0.2) is 4.39 Å². The molecular weight excluding hydrogens is 265 g/mol. The summed E-state index contributed by atoms with van der Waals surface area (Å²) in [4.78, 5) is 0. The molecule has 2 nitrogen and oxygen atoms in total. The van der Waals surface area contributed by atoms with Gasteiger partial charge in [-0.2, -0.15) is 0 Å². The first-order valence-electron chi connectivity index (χ1n) is 7.36. The van der Waals surface area contributed by atoms with Gasteiger partial charge in [0.15, 0.2) is 0 Å². The summed E-state index contributed by atoms with van der Waals surface area (Å²) in [6.45, 7) is 4.62. The molecule has 112 valence electrons. The highest BCUT2D eigenvalue weighted by atomic mass is 19.1. The average molecular weight is 287 g/mol. The molecule has 0 aliphatic rings. The van der Waals surface area contributed by atoms with Crippen molar-refractivity contribution in [3.05, 3.63) is 65.0 Å². The smallest absolute Gasteiger partial charge is 0.126 e. The number of aryl methyl sites for hydroxylation is 1. The van der Waals surface area contributed by atoms with Crippen LogP contribution in [0.5, 0.6) is 5.75 Å². The molecule has 0 spiro atoms. The summed E-state index contributed by atoms with van der Waals surface area (Å²) in [5.41, 5.74) is 8.76. The molecule has 0 amide bonds. The Balaban J connectivity index is 2.08. The van der Waals surface area contributed by atoms with E-state index < -0.39 is 0 Å². The first kappa shape index (κ1) is 15.5. The third kappa shape index (κ3) is 4.05. The number of hydrogen-bond acceptors (Lipinski definition) is 2. The van der Waals surface area contributed by atoms with Crippen LogP contribution in [-0.2, 0) is 0 Å². The minimum absolute atomic E-state index is 0.203. The average Bonchev–Trinajstić information content (AvgIpc) is 2.50. The topological polar surface area (TPSA) is 35.2 Å². The van der Waals surface area contributed by atoms with Crippen molar-refractivity contribution in [3.63, 3.8) is 0 Å². The van der Waals surface area contributed by atoms with Gasteiger partial charge in [-0.3, -0.25) is 0 Å². The van der Waals surface area contributed by atoms with E-state index in [0.717, 1.165) is 36.3 Å². The zero-order valence-corrected chi connectivity index (χ0v) is 12.6. The molecule has 0 fully saturated rings. The Morgan fingerprint density at radius 2 is 1.76 bits per heavy atom. The lowest BCUT2D eigenvalue weighted by atomic mass is 9.98. The van der Waals surface area contributed by atoms with Crippen LogP contribution in [0.25, 0.3) is 0 Å². The second-order valence-electron chi connectivity index (χ2n) is 5.26. The van der Waals surface area contributed by atoms with E-state index in [1.54, 1.807) is 19.1 Å². The van der Waals surface area contributed by atoms with Crippen molar-refractivity contribution in [2.24, 2.45) is 5.73 Å². The van der Waals surface area contributed by atoms with Crippen LogP contribution in [0.1, 0.15) is 42.5 Å². The van der Waals surface area contributed by atoms with Crippen LogP contribution < -0.4 is 10.5 Å². The molecule has 0 aliphatic carbocycles. The third-order valence-electron chi connectivity index (χ3n) is 3.55. The monoisotopic (exact) mass is 287 g/mol. The van der Waals surface area contributed by atoms with Crippen LogP contribution in [0.3, 0.4) is 0 Å². The SMILES string of the molecule is CCCCOc1ccc(C(N)c2ccc(F)c(C)c2)cc1. The highest BCUT2D eigenvalue weighted by Crippen LogP contribution is 2.23. The fourth-order valence-corrected chi connectivity index (χ4v) is 2.16. The van der Waals surface area contributed by atoms with Crippen molar-refractivity contribution in [1.29, 1.82) is 0 Å². The van der Waals surface area contributed by atoms with Gasteiger partial charge in [0.2, 0.25) is 0 Å². The third-order valence-corrected chi connectivity index (χ3v) is 3.55. The normalized spacial score (nSPS) is 12.2. The summed E-state index contributed by atoms with van der Waals surface area (Å²) >= 11 is 0. The maximum Gasteiger partial charge on any atom is 0.126 e. The standard InChI is InChI=1S/C18H22FNO/c1-3-4-11-21-16-8-5-14(6-9-16)18(20)15-7-10-17(19)13(2)12-15/h5-10,12,18H,3-4,11,20H2,1-2H3. The van der Waals surface area contributed by atoms with Gasteiger partial charge in [0.1, 0.15) is 11.6 Å². The van der Waals surface area contributed by atoms with Crippen LogP contribution >= 0.6 is 0 Å². The molecular formula is C18H22FNO. The molecule has 3 heteroatoms. The largest absolute Gasteiger partial charge is 0.494 e. The van der Waals surface area contributed by atoms with E-state index in [9.17, 15) is 4.39 Å². The first-order valence-corrected chi connectivity index (χ1v) is 7.36. The molecule has 0 aromatic heterocycles. The van der Waals surface area contributed by atoms with Crippen LogP contribution in [-0.4, -0.2) is 6.61 Å². The zero-order chi connectivity index (χ0) is 15.2. The number of rotatable bonds is 6. The number of hydrogen-bond donors (Lipinski definition) is 1. The van der Waals surface area contributed by atoms with Crippen molar-refractivity contribution in [1.82, 2.24) is 0 Å². The quantitative estimate of drug-likeness (QED) is 0.801. The van der Waals surface area contributed by atoms with Gasteiger partial charge in [-0.05, 0) is 48.2 Å². The van der Waals surface area contributed by atoms with Gasteiger partial charge in [-0.1, -0.05) is 37.6 Å². The van der Waals surface area contributed by atoms with Crippen LogP contribution in [0.2, 0.25) is 0 Å². The van der Waals surface area contributed by atoms with Gasteiger partial charge in [-0.15, -0.1) is 0 Å². The van der Waals surface area contributed by atoms with Gasteiger partial charge in [0.25, 0.3) is 0 Å². The zero-order valence-electron chi connectivity index (χ0n) is 12.6. The molecule has 2 aromatic rings. The van der Waals surface area contributed by atoms with Crippen molar-refractivity contribution in [2.45, 2.75) is 32.7 Å². The number of ether oxygens (including phenoxy) is 1. The molecule has 0 aliphatic heterocycles. The molecule has 0 bridgehead atoms. The summed E-state index contributed by atoms with van der Waals surface area (Å²) in [7, 11) is 0. The van der Waals surface area contributed by atoms with E-state index in [2.05, 4.69) is 6.92 Å². The predicted octanol–water partition coefficient (Wildman–Crippen LogP) is 4.36. The van der Waals surface area contributed by atoms with E-state index in [-0.39, 0.29) is 11.9 Å². The van der Waals surface area contributed by atoms with E-state index in [1.165, 1.54) is 6.07 Å². The highest BCUT2D eigenvalue weighted by molar-refractivity contribution is 5.36. The summed E-state index contributed by atoms with van der Waals surface area (Å²) in [6.07, 6.45) is 2.17. The maximum atomic E-state index is 13.3. The van der Waals surface area contributed by atoms with Crippen LogP contribution in [0, 0.1) is 12.7 Å². The van der Waals surface area contributed by atoms with E-state index in [4.69, 9.17) is 10.5 Å². The van der Waals surface area contributed by atoms with E-state index >= 15 is 0 Å². The molecule has 0 saturated heterocycles. The molecule has 2 rings (SSSR count). The van der Waals surface area contributed by atoms with Gasteiger partial charge in [0, 0.05) is 0 Å². The van der Waals surface area contributed by atoms with E-state index in [0.29, 0.717) is 5.56 Å². The highest BCUT2D eigenvalue weighted by Gasteiger charge is 2.10. The maximum absolute atomic E-state index is 13.3. The van der Waals surface area contributed by atoms with Gasteiger partial charge < -0.3 is 10.5 Å². The molecule has 2 N–H and O–H groups in total. The Hall–Kier alpha value is -1.87. The minimum Gasteiger partial charge on any atom is -0.494 e. The fraction of sp³-hybridized carbons (Fsp3) is 0.333. The van der Waals surface area contributed by atoms with Crippen molar-refractivity contribution in [2.75, 3.05) is 6.61 Å². The number of halogens is 1. The van der Waals surface area contributed by atoms with Crippen molar-refractivity contribution >= 4 is 0 Å². The second-order valence-corrected chi connectivity index (χ2v) is 5.26. The number of nitrogens with two attached hydrogens (primary N) is 1. The number of benzene rings is 2. The summed E-state index contributed by atoms with van der Waals surface area (Å²) in [5, 5.41) is 0. The Bertz CT molecular complexity index is 580. The lowest BCUT2D eigenvalue weighted by Crippen LogP contribution is -2.12. The van der Waals surface area contributed by atoms with Gasteiger partial charge >= 0.3 is 0 Å². The molecule has 1 unspecified atom stereocenters. The lowest BCUT2D eigenvalue weighted by molar-refractivity contribution is 0.309. The fourth-order valence-electron chi connectivity index (χ4n) is 2.16. The summed E-state index contributed by atoms with van der Waals surface area (Å²) < 4.78 is 18.9. The molecule has 0 radical (unpaired) electrons. The first-order chi connectivity index (χ1) is 10.1. The number of unbranched alkanes of at least 4 members (excludes halogenated alkanes) is 1. The second kappa shape index (κ2) is 7.23. The molecule has 21 heavy (non-hydrogen) atoms. The molecule has 0 saturated carbocycles. The van der Waals surface area contributed by atoms with Gasteiger partial charge in [0.05, 0.1) is 12.6 Å². The Morgan fingerprint density at radius 3 is 2.38 bits per heavy atom. The minimum atomic E-state index is -0.256. The Kier molecular flexibility index (Phi) is 5.34. The summed E-state index contributed by atoms with van der Waals surface area (Å²) in [5.74, 6) is 0.653. The van der Waals surface area contributed by atoms with Crippen LogP contribution in [0.4, 0.5) is 4.39 Å². The van der Waals surface area contributed by atoms with Crippen molar-refractivity contribution < 1.29 is 9.13 Å². The molecule has 2 aromatic carbocycles. The van der Waals surface area contributed by atoms with Crippen molar-refractivity contribution in [3.8, 4) is 5.75 Å². The predicted molar refractivity (Wildman–Crippen MR) is 84.0 cm³/mol.